The number of hydrogen-bond acceptors (Lipinski definition) is 3. The molecule has 0 spiro atoms. The normalized spacial score (nSPS) is 18.0. The summed E-state index contributed by atoms with van der Waals surface area (Å²) in [6.45, 7) is 0. The van der Waals surface area contributed by atoms with Gasteiger partial charge in [-0.3, -0.25) is 9.78 Å². The van der Waals surface area contributed by atoms with E-state index >= 15 is 0 Å². The van der Waals surface area contributed by atoms with E-state index in [0.29, 0.717) is 0 Å². The predicted octanol–water partition coefficient (Wildman–Crippen LogP) is 2.81. The zero-order valence-corrected chi connectivity index (χ0v) is 9.65. The molecule has 0 amide bonds. The molecule has 17 heavy (non-hydrogen) atoms. The van der Waals surface area contributed by atoms with Gasteiger partial charge >= 0.3 is 5.97 Å². The second-order valence-corrected chi connectivity index (χ2v) is 4.97. The Morgan fingerprint density at radius 2 is 2.18 bits per heavy atom. The Kier molecular flexibility index (Phi) is 2.37. The largest absolute Gasteiger partial charge is 0.480 e. The molecule has 0 aliphatic carbocycles. The Hall–Kier alpha value is -1.81. The van der Waals surface area contributed by atoms with E-state index < -0.39 is 11.2 Å². The summed E-state index contributed by atoms with van der Waals surface area (Å²) >= 11 is 1.33. The van der Waals surface area contributed by atoms with Gasteiger partial charge in [0, 0.05) is 16.5 Å². The number of aromatic nitrogens is 1. The van der Waals surface area contributed by atoms with E-state index in [0.717, 1.165) is 21.4 Å². The zero-order chi connectivity index (χ0) is 11.8. The second kappa shape index (κ2) is 3.89. The maximum absolute atomic E-state index is 10.9. The summed E-state index contributed by atoms with van der Waals surface area (Å²) in [6, 6.07) is 7.87. The van der Waals surface area contributed by atoms with Gasteiger partial charge in [-0.15, -0.1) is 11.8 Å². The average molecular weight is 243 g/mol. The number of carbonyl (C=O) groups is 1. The Morgan fingerprint density at radius 1 is 1.35 bits per heavy atom. The lowest BCUT2D eigenvalue weighted by Crippen LogP contribution is -2.15. The molecular weight excluding hydrogens is 234 g/mol. The first-order valence-electron chi connectivity index (χ1n) is 5.21. The number of carboxylic acid groups (broad SMARTS) is 1. The fourth-order valence-electron chi connectivity index (χ4n) is 1.90. The van der Waals surface area contributed by atoms with Crippen LogP contribution in [0.15, 0.2) is 41.4 Å². The predicted molar refractivity (Wildman–Crippen MR) is 68.1 cm³/mol. The van der Waals surface area contributed by atoms with Crippen molar-refractivity contribution in [2.24, 2.45) is 0 Å². The first-order chi connectivity index (χ1) is 8.25. The first-order valence-corrected chi connectivity index (χ1v) is 6.09. The van der Waals surface area contributed by atoms with Gasteiger partial charge in [-0.05, 0) is 11.6 Å². The van der Waals surface area contributed by atoms with Crippen LogP contribution >= 0.6 is 11.8 Å². The minimum absolute atomic E-state index is 0.509. The van der Waals surface area contributed by atoms with Gasteiger partial charge in [-0.25, -0.2) is 0 Å². The summed E-state index contributed by atoms with van der Waals surface area (Å²) in [5.41, 5.74) is 2.00. The molecule has 4 heteroatoms. The molecule has 1 aromatic heterocycles. The van der Waals surface area contributed by atoms with Crippen molar-refractivity contribution >= 4 is 34.7 Å². The summed E-state index contributed by atoms with van der Waals surface area (Å²) in [6.07, 6.45) is 5.36. The van der Waals surface area contributed by atoms with Crippen LogP contribution < -0.4 is 0 Å². The molecule has 0 saturated heterocycles. The summed E-state index contributed by atoms with van der Waals surface area (Å²) in [4.78, 5) is 16.2. The highest BCUT2D eigenvalue weighted by molar-refractivity contribution is 8.01. The van der Waals surface area contributed by atoms with Crippen molar-refractivity contribution in [2.75, 3.05) is 0 Å². The smallest absolute Gasteiger partial charge is 0.320 e. The van der Waals surface area contributed by atoms with Crippen molar-refractivity contribution in [1.29, 1.82) is 0 Å². The fourth-order valence-corrected chi connectivity index (χ4v) is 2.85. The van der Waals surface area contributed by atoms with Crippen LogP contribution in [0.25, 0.3) is 17.0 Å². The third-order valence-electron chi connectivity index (χ3n) is 2.72. The summed E-state index contributed by atoms with van der Waals surface area (Å²) in [5, 5.41) is 9.54. The molecule has 3 rings (SSSR count). The maximum Gasteiger partial charge on any atom is 0.320 e. The summed E-state index contributed by atoms with van der Waals surface area (Å²) in [5.74, 6) is -0.815. The molecular formula is C13H9NO2S. The number of aliphatic carboxylic acids is 1. The number of nitrogens with zero attached hydrogens (tertiary/aromatic N) is 1. The molecule has 2 aromatic rings. The molecule has 1 aliphatic rings. The standard InChI is InChI=1S/C13H9NO2S/c15-13(16)11-6-5-9-8-3-1-2-4-10(8)14-7-12(9)17-11/h1-7,11H,(H,15,16). The Labute approximate surface area is 102 Å². The molecule has 0 fully saturated rings. The number of carboxylic acids is 1. The van der Waals surface area contributed by atoms with E-state index in [1.807, 2.05) is 30.3 Å². The van der Waals surface area contributed by atoms with Crippen LogP contribution in [0.3, 0.4) is 0 Å². The molecule has 84 valence electrons. The van der Waals surface area contributed by atoms with Crippen LogP contribution in [0.1, 0.15) is 5.56 Å². The molecule has 0 bridgehead atoms. The van der Waals surface area contributed by atoms with E-state index in [-0.39, 0.29) is 0 Å². The quantitative estimate of drug-likeness (QED) is 0.836. The monoisotopic (exact) mass is 243 g/mol. The van der Waals surface area contributed by atoms with Gasteiger partial charge in [0.05, 0.1) is 5.52 Å². The topological polar surface area (TPSA) is 50.2 Å². The Morgan fingerprint density at radius 3 is 3.00 bits per heavy atom. The number of hydrogen-bond donors (Lipinski definition) is 1. The molecule has 2 heterocycles. The van der Waals surface area contributed by atoms with E-state index in [9.17, 15) is 4.79 Å². The Bertz CT molecular complexity index is 636. The lowest BCUT2D eigenvalue weighted by Gasteiger charge is -2.16. The summed E-state index contributed by atoms with van der Waals surface area (Å²) in [7, 11) is 0. The van der Waals surface area contributed by atoms with Gasteiger partial charge < -0.3 is 5.11 Å². The molecule has 1 unspecified atom stereocenters. The molecule has 1 N–H and O–H groups in total. The van der Waals surface area contributed by atoms with Crippen LogP contribution in [0, 0.1) is 0 Å². The molecule has 3 nitrogen and oxygen atoms in total. The van der Waals surface area contributed by atoms with Crippen molar-refractivity contribution in [1.82, 2.24) is 4.98 Å². The number of fused-ring (bicyclic) bond motifs is 3. The van der Waals surface area contributed by atoms with Crippen molar-refractivity contribution in [2.45, 2.75) is 10.1 Å². The first kappa shape index (κ1) is 10.4. The van der Waals surface area contributed by atoms with E-state index in [1.54, 1.807) is 12.3 Å². The molecule has 0 saturated carbocycles. The highest BCUT2D eigenvalue weighted by atomic mass is 32.2. The highest BCUT2D eigenvalue weighted by Crippen LogP contribution is 2.36. The van der Waals surface area contributed by atoms with Crippen LogP contribution in [-0.4, -0.2) is 21.3 Å². The van der Waals surface area contributed by atoms with E-state index in [2.05, 4.69) is 4.98 Å². The molecule has 0 radical (unpaired) electrons. The number of pyridine rings is 1. The van der Waals surface area contributed by atoms with Gasteiger partial charge in [0.25, 0.3) is 0 Å². The third kappa shape index (κ3) is 1.70. The average Bonchev–Trinajstić information content (AvgIpc) is 2.38. The highest BCUT2D eigenvalue weighted by Gasteiger charge is 2.21. The molecule has 1 aromatic carbocycles. The van der Waals surface area contributed by atoms with Gasteiger partial charge in [-0.1, -0.05) is 30.4 Å². The van der Waals surface area contributed by atoms with E-state index in [1.165, 1.54) is 11.8 Å². The van der Waals surface area contributed by atoms with Crippen LogP contribution in [-0.2, 0) is 4.79 Å². The van der Waals surface area contributed by atoms with Crippen LogP contribution in [0.2, 0.25) is 0 Å². The zero-order valence-electron chi connectivity index (χ0n) is 8.83. The van der Waals surface area contributed by atoms with Gasteiger partial charge in [0.1, 0.15) is 5.25 Å². The lowest BCUT2D eigenvalue weighted by atomic mass is 10.1. The Balaban J connectivity index is 2.18. The van der Waals surface area contributed by atoms with Crippen molar-refractivity contribution in [3.63, 3.8) is 0 Å². The van der Waals surface area contributed by atoms with Crippen molar-refractivity contribution in [3.8, 4) is 0 Å². The maximum atomic E-state index is 10.9. The minimum atomic E-state index is -0.815. The van der Waals surface area contributed by atoms with E-state index in [4.69, 9.17) is 5.11 Å². The SMILES string of the molecule is O=C(O)C1C=Cc2c(cnc3ccccc23)S1. The van der Waals surface area contributed by atoms with Crippen LogP contribution in [0.5, 0.6) is 0 Å². The van der Waals surface area contributed by atoms with Crippen molar-refractivity contribution < 1.29 is 9.90 Å². The third-order valence-corrected chi connectivity index (χ3v) is 3.91. The number of thioether (sulfide) groups is 1. The fraction of sp³-hybridized carbons (Fsp3) is 0.0769. The molecule has 1 atom stereocenters. The lowest BCUT2D eigenvalue weighted by molar-refractivity contribution is -0.135. The number of rotatable bonds is 1. The van der Waals surface area contributed by atoms with Crippen molar-refractivity contribution in [3.05, 3.63) is 42.1 Å². The molecule has 1 aliphatic heterocycles. The minimum Gasteiger partial charge on any atom is -0.480 e. The van der Waals surface area contributed by atoms with Crippen LogP contribution in [0.4, 0.5) is 0 Å². The van der Waals surface area contributed by atoms with Gasteiger partial charge in [-0.2, -0.15) is 0 Å². The number of benzene rings is 1. The second-order valence-electron chi connectivity index (χ2n) is 3.79. The van der Waals surface area contributed by atoms with Gasteiger partial charge in [0.15, 0.2) is 0 Å². The number of para-hydroxylation sites is 1. The summed E-state index contributed by atoms with van der Waals surface area (Å²) < 4.78 is 0. The van der Waals surface area contributed by atoms with Gasteiger partial charge in [0.2, 0.25) is 0 Å².